The van der Waals surface area contributed by atoms with Crippen LogP contribution in [-0.2, 0) is 41.4 Å². The Morgan fingerprint density at radius 2 is 1.83 bits per heavy atom. The summed E-state index contributed by atoms with van der Waals surface area (Å²) in [6.45, 7) is -0.376. The topological polar surface area (TPSA) is 117 Å². The maximum absolute atomic E-state index is 12.3. The summed E-state index contributed by atoms with van der Waals surface area (Å²) in [6, 6.07) is 7.27. The first-order chi connectivity index (χ1) is 14.3. The van der Waals surface area contributed by atoms with E-state index >= 15 is 0 Å². The first-order valence-electron chi connectivity index (χ1n) is 9.05. The van der Waals surface area contributed by atoms with Crippen LogP contribution in [0.15, 0.2) is 40.2 Å². The Hall–Kier alpha value is -3.40. The third kappa shape index (κ3) is 4.60. The van der Waals surface area contributed by atoms with Gasteiger partial charge in [0.2, 0.25) is 0 Å². The molecule has 0 radical (unpaired) electrons. The van der Waals surface area contributed by atoms with Crippen LogP contribution < -0.4 is 16.6 Å². The van der Waals surface area contributed by atoms with Gasteiger partial charge in [0.25, 0.3) is 11.5 Å². The van der Waals surface area contributed by atoms with Gasteiger partial charge in [-0.3, -0.25) is 23.5 Å². The zero-order valence-corrected chi connectivity index (χ0v) is 17.2. The van der Waals surface area contributed by atoms with E-state index in [-0.39, 0.29) is 17.7 Å². The molecule has 1 aromatic carbocycles. The molecular weight excluding hydrogens is 414 g/mol. The molecule has 10 nitrogen and oxygen atoms in total. The van der Waals surface area contributed by atoms with Crippen molar-refractivity contribution in [3.8, 4) is 0 Å². The van der Waals surface area contributed by atoms with E-state index in [0.29, 0.717) is 18.0 Å². The van der Waals surface area contributed by atoms with Crippen molar-refractivity contribution in [3.05, 3.63) is 62.0 Å². The molecule has 0 bridgehead atoms. The van der Waals surface area contributed by atoms with Crippen molar-refractivity contribution >= 4 is 34.6 Å². The zero-order valence-electron chi connectivity index (χ0n) is 16.4. The third-order valence-electron chi connectivity index (χ3n) is 4.53. The predicted octanol–water partition coefficient (Wildman–Crippen LogP) is -0.0108. The minimum absolute atomic E-state index is 0.101. The maximum Gasteiger partial charge on any atom is 0.332 e. The second-order valence-electron chi connectivity index (χ2n) is 6.64. The van der Waals surface area contributed by atoms with Crippen molar-refractivity contribution in [2.75, 3.05) is 13.2 Å². The number of fused-ring (bicyclic) bond motifs is 1. The number of carbonyl (C=O) groups is 2. The van der Waals surface area contributed by atoms with Gasteiger partial charge in [-0.2, -0.15) is 0 Å². The Morgan fingerprint density at radius 3 is 2.53 bits per heavy atom. The minimum atomic E-state index is -0.710. The fraction of sp³-hybridized carbons (Fsp3) is 0.316. The van der Waals surface area contributed by atoms with E-state index in [9.17, 15) is 19.2 Å². The summed E-state index contributed by atoms with van der Waals surface area (Å²) in [4.78, 5) is 52.3. The molecule has 11 heteroatoms. The van der Waals surface area contributed by atoms with Gasteiger partial charge in [-0.25, -0.2) is 9.78 Å². The lowest BCUT2D eigenvalue weighted by Gasteiger charge is -2.08. The summed E-state index contributed by atoms with van der Waals surface area (Å²) in [5.41, 5.74) is 0.188. The van der Waals surface area contributed by atoms with E-state index in [4.69, 9.17) is 16.3 Å². The second kappa shape index (κ2) is 8.95. The van der Waals surface area contributed by atoms with Crippen LogP contribution in [0.25, 0.3) is 11.2 Å². The zero-order chi connectivity index (χ0) is 21.8. The number of aryl methyl sites for hydroxylation is 1. The van der Waals surface area contributed by atoms with E-state index < -0.39 is 29.7 Å². The molecule has 0 unspecified atom stereocenters. The average Bonchev–Trinajstić information content (AvgIpc) is 3.14. The number of imidazole rings is 1. The Balaban J connectivity index is 1.53. The lowest BCUT2D eigenvalue weighted by Crippen LogP contribution is -2.37. The van der Waals surface area contributed by atoms with Crippen molar-refractivity contribution in [2.24, 2.45) is 14.1 Å². The number of hydrogen-bond donors (Lipinski definition) is 1. The van der Waals surface area contributed by atoms with Crippen molar-refractivity contribution in [1.82, 2.24) is 24.0 Å². The Kier molecular flexibility index (Phi) is 6.36. The molecule has 2 heterocycles. The number of ether oxygens (including phenoxy) is 1. The number of aromatic nitrogens is 4. The molecule has 0 aliphatic carbocycles. The van der Waals surface area contributed by atoms with Crippen LogP contribution in [0.1, 0.15) is 5.56 Å². The first kappa shape index (κ1) is 21.3. The number of hydrogen-bond acceptors (Lipinski definition) is 6. The van der Waals surface area contributed by atoms with Gasteiger partial charge in [-0.1, -0.05) is 23.7 Å². The number of rotatable bonds is 7. The molecule has 1 N–H and O–H groups in total. The molecule has 3 rings (SSSR count). The molecule has 0 spiro atoms. The van der Waals surface area contributed by atoms with Crippen molar-refractivity contribution in [3.63, 3.8) is 0 Å². The lowest BCUT2D eigenvalue weighted by molar-refractivity contribution is -0.149. The van der Waals surface area contributed by atoms with Gasteiger partial charge in [0.1, 0.15) is 6.54 Å². The van der Waals surface area contributed by atoms with E-state index in [0.717, 1.165) is 10.1 Å². The fourth-order valence-corrected chi connectivity index (χ4v) is 3.02. The molecule has 3 aromatic rings. The Morgan fingerprint density at radius 1 is 1.13 bits per heavy atom. The van der Waals surface area contributed by atoms with Crippen LogP contribution in [0.4, 0.5) is 0 Å². The van der Waals surface area contributed by atoms with Gasteiger partial charge in [-0.05, 0) is 24.1 Å². The van der Waals surface area contributed by atoms with Gasteiger partial charge >= 0.3 is 11.7 Å². The van der Waals surface area contributed by atoms with E-state index in [1.54, 1.807) is 12.1 Å². The lowest BCUT2D eigenvalue weighted by atomic mass is 10.1. The van der Waals surface area contributed by atoms with Crippen LogP contribution in [0.3, 0.4) is 0 Å². The number of esters is 1. The molecule has 158 valence electrons. The SMILES string of the molecule is Cn1c(=O)c2c(ncn2CC(=O)OCC(=O)NCCc2ccc(Cl)cc2)n(C)c1=O. The normalized spacial score (nSPS) is 10.9. The molecule has 2 aromatic heterocycles. The highest BCUT2D eigenvalue weighted by molar-refractivity contribution is 6.30. The molecule has 0 saturated carbocycles. The van der Waals surface area contributed by atoms with Crippen LogP contribution in [-0.4, -0.2) is 43.7 Å². The predicted molar refractivity (Wildman–Crippen MR) is 109 cm³/mol. The second-order valence-corrected chi connectivity index (χ2v) is 7.07. The summed E-state index contributed by atoms with van der Waals surface area (Å²) in [6.07, 6.45) is 1.89. The molecule has 0 saturated heterocycles. The summed E-state index contributed by atoms with van der Waals surface area (Å²) >= 11 is 5.82. The standard InChI is InChI=1S/C19H20ClN5O5/c1-23-17-16(18(28)24(2)19(23)29)25(11-22-17)9-15(27)30-10-14(26)21-8-7-12-3-5-13(20)6-4-12/h3-6,11H,7-10H2,1-2H3,(H,21,26). The molecular formula is C19H20ClN5O5. The van der Waals surface area contributed by atoms with E-state index in [1.165, 1.54) is 29.6 Å². The smallest absolute Gasteiger partial charge is 0.332 e. The van der Waals surface area contributed by atoms with Crippen molar-refractivity contribution in [1.29, 1.82) is 0 Å². The van der Waals surface area contributed by atoms with E-state index in [1.807, 2.05) is 12.1 Å². The van der Waals surface area contributed by atoms with Crippen molar-refractivity contribution < 1.29 is 14.3 Å². The highest BCUT2D eigenvalue weighted by atomic mass is 35.5. The highest BCUT2D eigenvalue weighted by Crippen LogP contribution is 2.09. The number of benzene rings is 1. The van der Waals surface area contributed by atoms with Gasteiger partial charge in [0, 0.05) is 25.7 Å². The summed E-state index contributed by atoms with van der Waals surface area (Å²) < 4.78 is 8.41. The minimum Gasteiger partial charge on any atom is -0.454 e. The average molecular weight is 434 g/mol. The number of nitrogens with zero attached hydrogens (tertiary/aromatic N) is 4. The van der Waals surface area contributed by atoms with E-state index in [2.05, 4.69) is 10.3 Å². The Bertz CT molecular complexity index is 1210. The Labute approximate surface area is 175 Å². The highest BCUT2D eigenvalue weighted by Gasteiger charge is 2.17. The van der Waals surface area contributed by atoms with Gasteiger partial charge < -0.3 is 14.6 Å². The summed E-state index contributed by atoms with van der Waals surface area (Å²) in [5, 5.41) is 3.30. The van der Waals surface area contributed by atoms with Crippen LogP contribution >= 0.6 is 11.6 Å². The largest absolute Gasteiger partial charge is 0.454 e. The number of nitrogens with one attached hydrogen (secondary N) is 1. The molecule has 0 atom stereocenters. The number of halogens is 1. The van der Waals surface area contributed by atoms with Gasteiger partial charge in [-0.15, -0.1) is 0 Å². The van der Waals surface area contributed by atoms with Crippen molar-refractivity contribution in [2.45, 2.75) is 13.0 Å². The third-order valence-corrected chi connectivity index (χ3v) is 4.78. The monoisotopic (exact) mass is 433 g/mol. The molecule has 0 fully saturated rings. The number of amides is 1. The van der Waals surface area contributed by atoms with Crippen LogP contribution in [0.2, 0.25) is 5.02 Å². The summed E-state index contributed by atoms with van der Waals surface area (Å²) in [7, 11) is 2.82. The molecule has 30 heavy (non-hydrogen) atoms. The van der Waals surface area contributed by atoms with Gasteiger partial charge in [0.15, 0.2) is 17.8 Å². The van der Waals surface area contributed by atoms with Crippen LogP contribution in [0.5, 0.6) is 0 Å². The molecule has 0 aliphatic heterocycles. The maximum atomic E-state index is 12.3. The fourth-order valence-electron chi connectivity index (χ4n) is 2.90. The first-order valence-corrected chi connectivity index (χ1v) is 9.43. The molecule has 1 amide bonds. The van der Waals surface area contributed by atoms with Gasteiger partial charge in [0.05, 0.1) is 6.33 Å². The quantitative estimate of drug-likeness (QED) is 0.524. The number of carbonyl (C=O) groups excluding carboxylic acids is 2. The molecule has 0 aliphatic rings. The van der Waals surface area contributed by atoms with Crippen LogP contribution in [0, 0.1) is 0 Å². The summed E-state index contributed by atoms with van der Waals surface area (Å²) in [5.74, 6) is -1.15.